The fourth-order valence-corrected chi connectivity index (χ4v) is 5.12. The summed E-state index contributed by atoms with van der Waals surface area (Å²) in [6.45, 7) is 5.97. The molecule has 1 spiro atoms. The van der Waals surface area contributed by atoms with E-state index < -0.39 is 0 Å². The van der Waals surface area contributed by atoms with E-state index in [1.54, 1.807) is 0 Å². The topological polar surface area (TPSA) is 44.4 Å². The second kappa shape index (κ2) is 7.41. The minimum Gasteiger partial charge on any atom is -0.379 e. The van der Waals surface area contributed by atoms with Gasteiger partial charge in [-0.2, -0.15) is 0 Å². The number of carbonyl (C=O) groups excluding carboxylic acids is 1. The fraction of sp³-hybridized carbons (Fsp3) is 0.476. The molecule has 138 valence electrons. The van der Waals surface area contributed by atoms with Gasteiger partial charge in [0.05, 0.1) is 0 Å². The van der Waals surface area contributed by atoms with Crippen LogP contribution in [-0.4, -0.2) is 29.4 Å². The number of rotatable bonds is 2. The van der Waals surface area contributed by atoms with Crippen LogP contribution in [0.1, 0.15) is 41.7 Å². The highest BCUT2D eigenvalue weighted by Crippen LogP contribution is 2.33. The van der Waals surface area contributed by atoms with Crippen molar-refractivity contribution in [3.05, 3.63) is 51.7 Å². The van der Waals surface area contributed by atoms with Gasteiger partial charge >= 0.3 is 0 Å². The molecule has 2 N–H and O–H groups in total. The summed E-state index contributed by atoms with van der Waals surface area (Å²) in [6.07, 6.45) is 3.72. The summed E-state index contributed by atoms with van der Waals surface area (Å²) in [5.74, 6) is 0.162. The number of thiophene rings is 1. The van der Waals surface area contributed by atoms with Crippen molar-refractivity contribution in [2.75, 3.05) is 18.4 Å². The standard InChI is InChI=1S/C21H27N3OS/c1-16-7-12-26-19(16)15-24-10-4-8-21(9-11-24)13-20(25)22-14-17-5-2-3-6-18(17)23-21/h2-3,5-7,12,23H,4,8-11,13-15H2,1H3,(H,22,25). The number of hydrogen-bond acceptors (Lipinski definition) is 4. The lowest BCUT2D eigenvalue weighted by Crippen LogP contribution is -2.46. The fourth-order valence-electron chi connectivity index (χ4n) is 4.17. The number of benzene rings is 1. The van der Waals surface area contributed by atoms with Crippen LogP contribution in [0.25, 0.3) is 0 Å². The molecule has 0 radical (unpaired) electrons. The highest BCUT2D eigenvalue weighted by molar-refractivity contribution is 7.10. The lowest BCUT2D eigenvalue weighted by atomic mass is 9.85. The summed E-state index contributed by atoms with van der Waals surface area (Å²) >= 11 is 1.85. The zero-order valence-electron chi connectivity index (χ0n) is 15.4. The first kappa shape index (κ1) is 17.6. The summed E-state index contributed by atoms with van der Waals surface area (Å²) in [5, 5.41) is 9.07. The normalized spacial score (nSPS) is 24.1. The van der Waals surface area contributed by atoms with Crippen molar-refractivity contribution in [1.29, 1.82) is 0 Å². The third-order valence-electron chi connectivity index (χ3n) is 5.76. The van der Waals surface area contributed by atoms with Crippen LogP contribution < -0.4 is 10.6 Å². The van der Waals surface area contributed by atoms with Gasteiger partial charge in [0.25, 0.3) is 0 Å². The maximum Gasteiger partial charge on any atom is 0.222 e. The molecule has 1 amide bonds. The smallest absolute Gasteiger partial charge is 0.222 e. The lowest BCUT2D eigenvalue weighted by Gasteiger charge is -2.37. The van der Waals surface area contributed by atoms with Gasteiger partial charge in [-0.15, -0.1) is 11.3 Å². The predicted octanol–water partition coefficient (Wildman–Crippen LogP) is 3.91. The molecule has 26 heavy (non-hydrogen) atoms. The van der Waals surface area contributed by atoms with Crippen LogP contribution >= 0.6 is 11.3 Å². The summed E-state index contributed by atoms with van der Waals surface area (Å²) in [5.41, 5.74) is 3.61. The van der Waals surface area contributed by atoms with E-state index in [0.717, 1.165) is 38.9 Å². The second-order valence-electron chi connectivity index (χ2n) is 7.67. The number of nitrogens with zero attached hydrogens (tertiary/aromatic N) is 1. The molecule has 0 bridgehead atoms. The summed E-state index contributed by atoms with van der Waals surface area (Å²) < 4.78 is 0. The highest BCUT2D eigenvalue weighted by Gasteiger charge is 2.36. The Labute approximate surface area is 159 Å². The van der Waals surface area contributed by atoms with Crippen LogP contribution in [0.2, 0.25) is 0 Å². The zero-order valence-corrected chi connectivity index (χ0v) is 16.2. The van der Waals surface area contributed by atoms with Gasteiger partial charge in [-0.25, -0.2) is 0 Å². The van der Waals surface area contributed by atoms with Crippen LogP contribution in [0.4, 0.5) is 5.69 Å². The Morgan fingerprint density at radius 2 is 2.08 bits per heavy atom. The Morgan fingerprint density at radius 1 is 1.19 bits per heavy atom. The largest absolute Gasteiger partial charge is 0.379 e. The molecule has 1 fully saturated rings. The monoisotopic (exact) mass is 369 g/mol. The molecule has 2 aliphatic heterocycles. The molecule has 1 aromatic heterocycles. The van der Waals surface area contributed by atoms with E-state index in [2.05, 4.69) is 52.1 Å². The molecule has 5 heteroatoms. The second-order valence-corrected chi connectivity index (χ2v) is 8.67. The van der Waals surface area contributed by atoms with Gasteiger partial charge in [-0.3, -0.25) is 9.69 Å². The van der Waals surface area contributed by atoms with E-state index >= 15 is 0 Å². The van der Waals surface area contributed by atoms with Crippen molar-refractivity contribution >= 4 is 22.9 Å². The number of anilines is 1. The minimum atomic E-state index is -0.139. The Kier molecular flexibility index (Phi) is 5.00. The lowest BCUT2D eigenvalue weighted by molar-refractivity contribution is -0.122. The predicted molar refractivity (Wildman–Crippen MR) is 107 cm³/mol. The SMILES string of the molecule is Cc1ccsc1CN1CCCC2(CC1)CC(=O)NCc1ccccc1N2. The van der Waals surface area contributed by atoms with Crippen LogP contribution in [-0.2, 0) is 17.9 Å². The van der Waals surface area contributed by atoms with Crippen molar-refractivity contribution in [2.45, 2.75) is 51.2 Å². The number of aryl methyl sites for hydroxylation is 1. The Balaban J connectivity index is 1.52. The molecule has 0 aliphatic carbocycles. The number of hydrogen-bond donors (Lipinski definition) is 2. The van der Waals surface area contributed by atoms with Crippen LogP contribution in [0.5, 0.6) is 0 Å². The van der Waals surface area contributed by atoms with Crippen molar-refractivity contribution < 1.29 is 4.79 Å². The number of carbonyl (C=O) groups is 1. The third kappa shape index (κ3) is 3.79. The number of nitrogens with one attached hydrogen (secondary N) is 2. The minimum absolute atomic E-state index is 0.139. The number of fused-ring (bicyclic) bond motifs is 1. The average Bonchev–Trinajstić information content (AvgIpc) is 2.91. The summed E-state index contributed by atoms with van der Waals surface area (Å²) in [6, 6.07) is 10.6. The molecule has 2 aromatic rings. The molecule has 0 saturated carbocycles. The Bertz CT molecular complexity index is 787. The molecular weight excluding hydrogens is 342 g/mol. The van der Waals surface area contributed by atoms with Crippen molar-refractivity contribution in [2.24, 2.45) is 0 Å². The van der Waals surface area contributed by atoms with Gasteiger partial charge in [0.15, 0.2) is 0 Å². The number of para-hydroxylation sites is 1. The molecule has 4 rings (SSSR count). The molecule has 1 saturated heterocycles. The number of amides is 1. The van der Waals surface area contributed by atoms with Gasteiger partial charge in [0.1, 0.15) is 0 Å². The van der Waals surface area contributed by atoms with Crippen molar-refractivity contribution in [3.63, 3.8) is 0 Å². The molecular formula is C21H27N3OS. The molecule has 1 aromatic carbocycles. The van der Waals surface area contributed by atoms with Gasteiger partial charge in [0, 0.05) is 42.2 Å². The maximum absolute atomic E-state index is 12.5. The van der Waals surface area contributed by atoms with E-state index in [0.29, 0.717) is 13.0 Å². The highest BCUT2D eigenvalue weighted by atomic mass is 32.1. The quantitative estimate of drug-likeness (QED) is 0.843. The van der Waals surface area contributed by atoms with Crippen molar-refractivity contribution in [1.82, 2.24) is 10.2 Å². The first-order chi connectivity index (χ1) is 12.6. The van der Waals surface area contributed by atoms with Gasteiger partial charge in [0.2, 0.25) is 5.91 Å². The van der Waals surface area contributed by atoms with Crippen LogP contribution in [0.15, 0.2) is 35.7 Å². The molecule has 2 aliphatic rings. The van der Waals surface area contributed by atoms with Gasteiger partial charge < -0.3 is 10.6 Å². The Hall–Kier alpha value is -1.85. The van der Waals surface area contributed by atoms with E-state index in [1.807, 2.05) is 17.4 Å². The number of likely N-dealkylation sites (tertiary alicyclic amines) is 1. The van der Waals surface area contributed by atoms with E-state index in [9.17, 15) is 4.79 Å². The zero-order chi connectivity index (χ0) is 18.0. The maximum atomic E-state index is 12.5. The van der Waals surface area contributed by atoms with Crippen LogP contribution in [0, 0.1) is 6.92 Å². The average molecular weight is 370 g/mol. The first-order valence-electron chi connectivity index (χ1n) is 9.52. The Morgan fingerprint density at radius 3 is 2.92 bits per heavy atom. The van der Waals surface area contributed by atoms with E-state index in [4.69, 9.17) is 0 Å². The van der Waals surface area contributed by atoms with Gasteiger partial charge in [-0.1, -0.05) is 18.2 Å². The summed E-state index contributed by atoms with van der Waals surface area (Å²) in [7, 11) is 0. The van der Waals surface area contributed by atoms with Crippen molar-refractivity contribution in [3.8, 4) is 0 Å². The van der Waals surface area contributed by atoms with Crippen LogP contribution in [0.3, 0.4) is 0 Å². The van der Waals surface area contributed by atoms with Gasteiger partial charge in [-0.05, 0) is 61.4 Å². The molecule has 1 atom stereocenters. The summed E-state index contributed by atoms with van der Waals surface area (Å²) in [4.78, 5) is 16.5. The first-order valence-corrected chi connectivity index (χ1v) is 10.4. The molecule has 1 unspecified atom stereocenters. The van der Waals surface area contributed by atoms with E-state index in [-0.39, 0.29) is 11.4 Å². The van der Waals surface area contributed by atoms with E-state index in [1.165, 1.54) is 21.7 Å². The third-order valence-corrected chi connectivity index (χ3v) is 6.77. The molecule has 3 heterocycles. The molecule has 4 nitrogen and oxygen atoms in total.